The summed E-state index contributed by atoms with van der Waals surface area (Å²) in [6, 6.07) is 10.0. The predicted molar refractivity (Wildman–Crippen MR) is 62.7 cm³/mol. The van der Waals surface area contributed by atoms with Gasteiger partial charge in [0, 0.05) is 6.42 Å². The van der Waals surface area contributed by atoms with Crippen molar-refractivity contribution in [2.24, 2.45) is 7.05 Å². The molecule has 0 spiro atoms. The van der Waals surface area contributed by atoms with Crippen LogP contribution in [-0.2, 0) is 20.0 Å². The van der Waals surface area contributed by atoms with Gasteiger partial charge in [-0.1, -0.05) is 30.3 Å². The number of carbonyl (C=O) groups is 1. The lowest BCUT2D eigenvalue weighted by molar-refractivity contribution is -0.698. The molecule has 0 unspecified atom stereocenters. The Labute approximate surface area is 99.8 Å². The maximum atomic E-state index is 11.1. The molecule has 88 valence electrons. The molecular formula is C13H15N2O2+. The van der Waals surface area contributed by atoms with Crippen molar-refractivity contribution in [2.45, 2.75) is 13.0 Å². The lowest BCUT2D eigenvalue weighted by Crippen LogP contribution is -2.40. The fourth-order valence-corrected chi connectivity index (χ4v) is 1.87. The van der Waals surface area contributed by atoms with E-state index in [2.05, 4.69) is 0 Å². The van der Waals surface area contributed by atoms with E-state index in [4.69, 9.17) is 5.11 Å². The Kier molecular flexibility index (Phi) is 3.23. The number of carboxylic acid groups (broad SMARTS) is 1. The van der Waals surface area contributed by atoms with Crippen LogP contribution in [0.5, 0.6) is 0 Å². The minimum absolute atomic E-state index is 0.306. The van der Waals surface area contributed by atoms with Crippen molar-refractivity contribution in [2.75, 3.05) is 0 Å². The highest BCUT2D eigenvalue weighted by Crippen LogP contribution is 2.00. The van der Waals surface area contributed by atoms with Crippen molar-refractivity contribution < 1.29 is 14.5 Å². The Bertz CT molecular complexity index is 517. The summed E-state index contributed by atoms with van der Waals surface area (Å²) < 4.78 is 3.38. The van der Waals surface area contributed by atoms with Crippen molar-refractivity contribution >= 4 is 5.97 Å². The quantitative estimate of drug-likeness (QED) is 0.805. The van der Waals surface area contributed by atoms with E-state index in [9.17, 15) is 4.79 Å². The fourth-order valence-electron chi connectivity index (χ4n) is 1.87. The molecule has 0 bridgehead atoms. The molecule has 0 atom stereocenters. The van der Waals surface area contributed by atoms with Crippen molar-refractivity contribution in [3.8, 4) is 0 Å². The zero-order valence-electron chi connectivity index (χ0n) is 9.71. The van der Waals surface area contributed by atoms with E-state index in [1.54, 1.807) is 28.6 Å². The Morgan fingerprint density at radius 2 is 2.06 bits per heavy atom. The van der Waals surface area contributed by atoms with Gasteiger partial charge in [-0.3, -0.25) is 0 Å². The van der Waals surface area contributed by atoms with E-state index in [0.29, 0.717) is 12.4 Å². The van der Waals surface area contributed by atoms with Crippen molar-refractivity contribution in [3.05, 3.63) is 54.1 Å². The first-order valence-corrected chi connectivity index (χ1v) is 5.50. The summed E-state index contributed by atoms with van der Waals surface area (Å²) in [5.41, 5.74) is 1.21. The molecule has 0 fully saturated rings. The Hall–Kier alpha value is -2.10. The van der Waals surface area contributed by atoms with Gasteiger partial charge in [0.2, 0.25) is 0 Å². The fraction of sp³-hybridized carbons (Fsp3) is 0.231. The molecule has 0 aliphatic heterocycles. The number of hydrogen-bond acceptors (Lipinski definition) is 1. The SMILES string of the molecule is Cn1cc[n+](CCc2ccccc2)c1C(=O)O. The van der Waals surface area contributed by atoms with Crippen molar-refractivity contribution in [1.29, 1.82) is 0 Å². The molecule has 0 aliphatic rings. The highest BCUT2D eigenvalue weighted by atomic mass is 16.4. The molecule has 0 amide bonds. The van der Waals surface area contributed by atoms with Crippen LogP contribution in [0.1, 0.15) is 16.2 Å². The molecule has 1 aromatic carbocycles. The van der Waals surface area contributed by atoms with E-state index in [1.165, 1.54) is 5.56 Å². The van der Waals surface area contributed by atoms with Gasteiger partial charge in [-0.25, -0.2) is 13.9 Å². The lowest BCUT2D eigenvalue weighted by Gasteiger charge is -2.00. The van der Waals surface area contributed by atoms with Crippen LogP contribution in [0.15, 0.2) is 42.7 Å². The van der Waals surface area contributed by atoms with Gasteiger partial charge in [-0.05, 0) is 5.56 Å². The Morgan fingerprint density at radius 1 is 1.35 bits per heavy atom. The molecule has 1 aromatic heterocycles. The van der Waals surface area contributed by atoms with Crippen molar-refractivity contribution in [3.63, 3.8) is 0 Å². The third kappa shape index (κ3) is 2.53. The summed E-state index contributed by atoms with van der Waals surface area (Å²) >= 11 is 0. The van der Waals surface area contributed by atoms with Gasteiger partial charge in [0.15, 0.2) is 0 Å². The monoisotopic (exact) mass is 231 g/mol. The van der Waals surface area contributed by atoms with Gasteiger partial charge < -0.3 is 5.11 Å². The molecule has 17 heavy (non-hydrogen) atoms. The molecule has 0 saturated heterocycles. The van der Waals surface area contributed by atoms with E-state index in [-0.39, 0.29) is 0 Å². The summed E-state index contributed by atoms with van der Waals surface area (Å²) in [6.45, 7) is 0.673. The second kappa shape index (κ2) is 4.82. The summed E-state index contributed by atoms with van der Waals surface area (Å²) in [5, 5.41) is 9.09. The number of imidazole rings is 1. The third-order valence-electron chi connectivity index (χ3n) is 2.75. The zero-order valence-corrected chi connectivity index (χ0v) is 9.71. The molecule has 1 N–H and O–H groups in total. The van der Waals surface area contributed by atoms with Gasteiger partial charge >= 0.3 is 11.8 Å². The van der Waals surface area contributed by atoms with E-state index < -0.39 is 5.97 Å². The molecule has 0 saturated carbocycles. The first kappa shape index (κ1) is 11.4. The number of rotatable bonds is 4. The highest BCUT2D eigenvalue weighted by molar-refractivity contribution is 5.81. The minimum atomic E-state index is -0.898. The Balaban J connectivity index is 2.12. The number of nitrogens with zero attached hydrogens (tertiary/aromatic N) is 2. The van der Waals surface area contributed by atoms with Crippen molar-refractivity contribution in [1.82, 2.24) is 4.57 Å². The topological polar surface area (TPSA) is 46.1 Å². The maximum absolute atomic E-state index is 11.1. The van der Waals surface area contributed by atoms with Gasteiger partial charge in [-0.2, -0.15) is 0 Å². The average Bonchev–Trinajstić information content (AvgIpc) is 2.69. The molecule has 0 aliphatic carbocycles. The van der Waals surface area contributed by atoms with Crippen LogP contribution in [0.4, 0.5) is 0 Å². The highest BCUT2D eigenvalue weighted by Gasteiger charge is 2.21. The van der Waals surface area contributed by atoms with Gasteiger partial charge in [0.05, 0.1) is 13.6 Å². The minimum Gasteiger partial charge on any atom is -0.472 e. The number of carboxylic acids is 1. The molecular weight excluding hydrogens is 216 g/mol. The molecule has 1 heterocycles. The number of benzene rings is 1. The molecule has 2 aromatic rings. The summed E-state index contributed by atoms with van der Waals surface area (Å²) in [6.07, 6.45) is 4.39. The predicted octanol–water partition coefficient (Wildman–Crippen LogP) is 1.25. The molecule has 2 rings (SSSR count). The lowest BCUT2D eigenvalue weighted by atomic mass is 10.1. The first-order chi connectivity index (χ1) is 8.18. The van der Waals surface area contributed by atoms with Crippen LogP contribution >= 0.6 is 0 Å². The summed E-state index contributed by atoms with van der Waals surface area (Å²) in [4.78, 5) is 11.1. The van der Waals surface area contributed by atoms with Crippen LogP contribution in [0, 0.1) is 0 Å². The van der Waals surface area contributed by atoms with Crippen LogP contribution in [-0.4, -0.2) is 15.6 Å². The van der Waals surface area contributed by atoms with Crippen LogP contribution in [0.25, 0.3) is 0 Å². The molecule has 4 nitrogen and oxygen atoms in total. The Morgan fingerprint density at radius 3 is 2.71 bits per heavy atom. The average molecular weight is 231 g/mol. The summed E-state index contributed by atoms with van der Waals surface area (Å²) in [7, 11) is 1.74. The van der Waals surface area contributed by atoms with Gasteiger partial charge in [0.1, 0.15) is 12.4 Å². The summed E-state index contributed by atoms with van der Waals surface area (Å²) in [5.74, 6) is -0.591. The van der Waals surface area contributed by atoms with Gasteiger partial charge in [-0.15, -0.1) is 0 Å². The van der Waals surface area contributed by atoms with E-state index in [1.807, 2.05) is 30.3 Å². The molecule has 0 radical (unpaired) electrons. The smallest absolute Gasteiger partial charge is 0.419 e. The second-order valence-electron chi connectivity index (χ2n) is 3.97. The van der Waals surface area contributed by atoms with E-state index in [0.717, 1.165) is 6.42 Å². The zero-order chi connectivity index (χ0) is 12.3. The van der Waals surface area contributed by atoms with Crippen LogP contribution in [0.3, 0.4) is 0 Å². The normalized spacial score (nSPS) is 10.4. The standard InChI is InChI=1S/C13H14N2O2/c1-14-9-10-15(12(14)13(16)17)8-7-11-5-3-2-4-6-11/h2-6,9-10H,7-8H2,1H3/p+1. The number of aromatic carboxylic acids is 1. The number of hydrogen-bond donors (Lipinski definition) is 1. The maximum Gasteiger partial charge on any atom is 0.419 e. The van der Waals surface area contributed by atoms with Crippen LogP contribution in [0.2, 0.25) is 0 Å². The third-order valence-corrected chi connectivity index (χ3v) is 2.75. The van der Waals surface area contributed by atoms with Crippen LogP contribution < -0.4 is 4.57 Å². The number of aryl methyl sites for hydroxylation is 3. The van der Waals surface area contributed by atoms with Gasteiger partial charge in [0.25, 0.3) is 0 Å². The number of aromatic nitrogens is 2. The largest absolute Gasteiger partial charge is 0.472 e. The molecule has 4 heteroatoms. The first-order valence-electron chi connectivity index (χ1n) is 5.50. The second-order valence-corrected chi connectivity index (χ2v) is 3.97. The van der Waals surface area contributed by atoms with E-state index >= 15 is 0 Å².